The van der Waals surface area contributed by atoms with Crippen molar-refractivity contribution in [3.8, 4) is 0 Å². The standard InChI is InChI=1S/C21H26N6O2/c1-14(28)26-12-9-15-17(13-26)24-20(25-19(15)22-2)18-8-4-6-11-27(18)21(29)16-7-3-5-10-23-16/h3,5,7,10,18H,4,6,8-9,11-13H2,1-2H3,(H,22,24,25)/t18-/m1/s1. The van der Waals surface area contributed by atoms with E-state index in [1.54, 1.807) is 30.2 Å². The molecular weight excluding hydrogens is 368 g/mol. The van der Waals surface area contributed by atoms with Crippen LogP contribution in [0, 0.1) is 0 Å². The van der Waals surface area contributed by atoms with Crippen LogP contribution < -0.4 is 5.32 Å². The van der Waals surface area contributed by atoms with Gasteiger partial charge in [0.2, 0.25) is 5.91 Å². The summed E-state index contributed by atoms with van der Waals surface area (Å²) in [6.07, 6.45) is 5.16. The van der Waals surface area contributed by atoms with Gasteiger partial charge in [0.25, 0.3) is 5.91 Å². The highest BCUT2D eigenvalue weighted by Crippen LogP contribution is 2.33. The second-order valence-electron chi connectivity index (χ2n) is 7.52. The van der Waals surface area contributed by atoms with Crippen LogP contribution in [0.25, 0.3) is 0 Å². The van der Waals surface area contributed by atoms with Gasteiger partial charge in [-0.1, -0.05) is 6.07 Å². The minimum atomic E-state index is -0.191. The number of piperidine rings is 1. The number of rotatable bonds is 3. The van der Waals surface area contributed by atoms with E-state index in [1.165, 1.54) is 0 Å². The highest BCUT2D eigenvalue weighted by atomic mass is 16.2. The Hall–Kier alpha value is -3.03. The van der Waals surface area contributed by atoms with Crippen molar-refractivity contribution in [1.82, 2.24) is 24.8 Å². The number of pyridine rings is 1. The molecule has 0 aliphatic carbocycles. The summed E-state index contributed by atoms with van der Waals surface area (Å²) in [5.74, 6) is 1.39. The third kappa shape index (κ3) is 3.79. The molecule has 0 saturated carbocycles. The molecule has 2 aromatic heterocycles. The lowest BCUT2D eigenvalue weighted by atomic mass is 9.99. The third-order valence-corrected chi connectivity index (χ3v) is 5.71. The van der Waals surface area contributed by atoms with Gasteiger partial charge >= 0.3 is 0 Å². The predicted octanol–water partition coefficient (Wildman–Crippen LogP) is 2.19. The number of aromatic nitrogens is 3. The van der Waals surface area contributed by atoms with Gasteiger partial charge in [0, 0.05) is 38.8 Å². The number of carbonyl (C=O) groups is 2. The van der Waals surface area contributed by atoms with E-state index in [4.69, 9.17) is 9.97 Å². The van der Waals surface area contributed by atoms with Crippen molar-refractivity contribution in [2.75, 3.05) is 25.5 Å². The van der Waals surface area contributed by atoms with E-state index in [1.807, 2.05) is 18.0 Å². The average molecular weight is 394 g/mol. The lowest BCUT2D eigenvalue weighted by molar-refractivity contribution is -0.129. The Kier molecular flexibility index (Phi) is 5.42. The predicted molar refractivity (Wildman–Crippen MR) is 108 cm³/mol. The van der Waals surface area contributed by atoms with E-state index < -0.39 is 0 Å². The zero-order valence-electron chi connectivity index (χ0n) is 16.9. The zero-order valence-corrected chi connectivity index (χ0v) is 16.9. The first-order chi connectivity index (χ1) is 14.1. The van der Waals surface area contributed by atoms with Gasteiger partial charge in [-0.05, 0) is 37.8 Å². The maximum absolute atomic E-state index is 13.1. The van der Waals surface area contributed by atoms with Crippen LogP contribution in [0.15, 0.2) is 24.4 Å². The summed E-state index contributed by atoms with van der Waals surface area (Å²) in [4.78, 5) is 42.5. The summed E-state index contributed by atoms with van der Waals surface area (Å²) in [6.45, 7) is 3.40. The van der Waals surface area contributed by atoms with Crippen molar-refractivity contribution in [2.45, 2.75) is 45.2 Å². The quantitative estimate of drug-likeness (QED) is 0.858. The number of likely N-dealkylation sites (tertiary alicyclic amines) is 1. The van der Waals surface area contributed by atoms with Crippen LogP contribution in [0.5, 0.6) is 0 Å². The lowest BCUT2D eigenvalue weighted by Gasteiger charge is -2.36. The molecule has 152 valence electrons. The molecular formula is C21H26N6O2. The molecule has 1 saturated heterocycles. The first-order valence-electron chi connectivity index (χ1n) is 10.1. The van der Waals surface area contributed by atoms with E-state index in [-0.39, 0.29) is 17.9 Å². The van der Waals surface area contributed by atoms with Crippen molar-refractivity contribution < 1.29 is 9.59 Å². The number of carbonyl (C=O) groups excluding carboxylic acids is 2. The summed E-state index contributed by atoms with van der Waals surface area (Å²) in [7, 11) is 1.85. The normalized spacial score (nSPS) is 18.9. The fourth-order valence-corrected chi connectivity index (χ4v) is 4.15. The molecule has 4 heterocycles. The van der Waals surface area contributed by atoms with Crippen molar-refractivity contribution in [3.63, 3.8) is 0 Å². The van der Waals surface area contributed by atoms with Gasteiger partial charge < -0.3 is 15.1 Å². The minimum absolute atomic E-state index is 0.0476. The summed E-state index contributed by atoms with van der Waals surface area (Å²) >= 11 is 0. The highest BCUT2D eigenvalue weighted by molar-refractivity contribution is 5.92. The molecule has 2 amide bonds. The summed E-state index contributed by atoms with van der Waals surface area (Å²) < 4.78 is 0. The van der Waals surface area contributed by atoms with Gasteiger partial charge in [-0.25, -0.2) is 9.97 Å². The SMILES string of the molecule is CNc1nc([C@H]2CCCCN2C(=O)c2ccccn2)nc2c1CCN(C(C)=O)C2. The second-order valence-corrected chi connectivity index (χ2v) is 7.52. The third-order valence-electron chi connectivity index (χ3n) is 5.71. The van der Waals surface area contributed by atoms with Crippen molar-refractivity contribution in [1.29, 1.82) is 0 Å². The number of hydrogen-bond donors (Lipinski definition) is 1. The number of hydrogen-bond acceptors (Lipinski definition) is 6. The van der Waals surface area contributed by atoms with E-state index in [0.717, 1.165) is 42.8 Å². The zero-order chi connectivity index (χ0) is 20.4. The Balaban J connectivity index is 1.69. The molecule has 0 radical (unpaired) electrons. The van der Waals surface area contributed by atoms with Gasteiger partial charge in [0.1, 0.15) is 11.5 Å². The van der Waals surface area contributed by atoms with Crippen molar-refractivity contribution in [2.24, 2.45) is 0 Å². The Morgan fingerprint density at radius 3 is 2.76 bits per heavy atom. The largest absolute Gasteiger partial charge is 0.373 e. The summed E-state index contributed by atoms with van der Waals surface area (Å²) in [6, 6.07) is 5.18. The number of fused-ring (bicyclic) bond motifs is 1. The number of anilines is 1. The minimum Gasteiger partial charge on any atom is -0.373 e. The van der Waals surface area contributed by atoms with Crippen molar-refractivity contribution in [3.05, 3.63) is 47.2 Å². The number of nitrogens with zero attached hydrogens (tertiary/aromatic N) is 5. The monoisotopic (exact) mass is 394 g/mol. The maximum atomic E-state index is 13.1. The molecule has 29 heavy (non-hydrogen) atoms. The smallest absolute Gasteiger partial charge is 0.273 e. The van der Waals surface area contributed by atoms with Crippen LogP contribution in [-0.2, 0) is 17.8 Å². The molecule has 2 aliphatic rings. The van der Waals surface area contributed by atoms with Gasteiger partial charge in [-0.15, -0.1) is 0 Å². The Bertz CT molecular complexity index is 917. The van der Waals surface area contributed by atoms with E-state index in [2.05, 4.69) is 10.3 Å². The average Bonchev–Trinajstić information content (AvgIpc) is 2.77. The van der Waals surface area contributed by atoms with Gasteiger partial charge in [0.05, 0.1) is 18.3 Å². The molecule has 0 unspecified atom stereocenters. The molecule has 0 aromatic carbocycles. The molecule has 4 rings (SSSR count). The topological polar surface area (TPSA) is 91.3 Å². The first kappa shape index (κ1) is 19.3. The molecule has 1 fully saturated rings. The summed E-state index contributed by atoms with van der Waals surface area (Å²) in [5.41, 5.74) is 2.37. The highest BCUT2D eigenvalue weighted by Gasteiger charge is 2.33. The van der Waals surface area contributed by atoms with E-state index >= 15 is 0 Å². The van der Waals surface area contributed by atoms with Crippen LogP contribution in [0.1, 0.15) is 59.8 Å². The number of amides is 2. The second kappa shape index (κ2) is 8.14. The molecule has 0 bridgehead atoms. The Morgan fingerprint density at radius 2 is 2.03 bits per heavy atom. The van der Waals surface area contributed by atoms with Crippen LogP contribution in [0.3, 0.4) is 0 Å². The van der Waals surface area contributed by atoms with Gasteiger partial charge in [-0.3, -0.25) is 14.6 Å². The molecule has 0 spiro atoms. The fourth-order valence-electron chi connectivity index (χ4n) is 4.15. The van der Waals surface area contributed by atoms with Gasteiger partial charge in [-0.2, -0.15) is 0 Å². The van der Waals surface area contributed by atoms with Crippen LogP contribution >= 0.6 is 0 Å². The lowest BCUT2D eigenvalue weighted by Crippen LogP contribution is -2.40. The molecule has 8 nitrogen and oxygen atoms in total. The molecule has 1 N–H and O–H groups in total. The number of nitrogens with one attached hydrogen (secondary N) is 1. The van der Waals surface area contributed by atoms with E-state index in [0.29, 0.717) is 31.2 Å². The Morgan fingerprint density at radius 1 is 1.17 bits per heavy atom. The summed E-state index contributed by atoms with van der Waals surface area (Å²) in [5, 5.41) is 3.18. The molecule has 2 aromatic rings. The van der Waals surface area contributed by atoms with Crippen LogP contribution in [0.4, 0.5) is 5.82 Å². The van der Waals surface area contributed by atoms with Crippen LogP contribution in [0.2, 0.25) is 0 Å². The van der Waals surface area contributed by atoms with Gasteiger partial charge in [0.15, 0.2) is 5.82 Å². The molecule has 8 heteroatoms. The maximum Gasteiger partial charge on any atom is 0.273 e. The van der Waals surface area contributed by atoms with Crippen molar-refractivity contribution >= 4 is 17.6 Å². The fraction of sp³-hybridized carbons (Fsp3) is 0.476. The Labute approximate surface area is 170 Å². The first-order valence-corrected chi connectivity index (χ1v) is 10.1. The van der Waals surface area contributed by atoms with E-state index in [9.17, 15) is 9.59 Å². The molecule has 1 atom stereocenters. The molecule has 2 aliphatic heterocycles. The van der Waals surface area contributed by atoms with Crippen LogP contribution in [-0.4, -0.2) is 56.7 Å².